The van der Waals surface area contributed by atoms with Gasteiger partial charge in [0.25, 0.3) is 0 Å². The number of aryl methyl sites for hydroxylation is 1. The van der Waals surface area contributed by atoms with E-state index in [9.17, 15) is 5.26 Å². The second-order valence-electron chi connectivity index (χ2n) is 5.04. The van der Waals surface area contributed by atoms with Gasteiger partial charge in [-0.1, -0.05) is 30.3 Å². The summed E-state index contributed by atoms with van der Waals surface area (Å²) in [6, 6.07) is 16.2. The van der Waals surface area contributed by atoms with Crippen LogP contribution in [0.3, 0.4) is 0 Å². The van der Waals surface area contributed by atoms with E-state index < -0.39 is 0 Å². The van der Waals surface area contributed by atoms with E-state index in [1.807, 2.05) is 30.3 Å². The Hall–Kier alpha value is -2.31. The number of benzene rings is 2. The van der Waals surface area contributed by atoms with Crippen LogP contribution in [0.1, 0.15) is 11.1 Å². The van der Waals surface area contributed by atoms with Crippen molar-refractivity contribution in [2.45, 2.75) is 13.0 Å². The second-order valence-corrected chi connectivity index (χ2v) is 5.04. The predicted molar refractivity (Wildman–Crippen MR) is 78.6 cm³/mol. The minimum atomic E-state index is 0.175. The van der Waals surface area contributed by atoms with Gasteiger partial charge in [-0.15, -0.1) is 0 Å². The van der Waals surface area contributed by atoms with Crippen molar-refractivity contribution in [3.63, 3.8) is 0 Å². The van der Waals surface area contributed by atoms with Crippen molar-refractivity contribution >= 4 is 0 Å². The first-order valence-corrected chi connectivity index (χ1v) is 6.75. The van der Waals surface area contributed by atoms with Gasteiger partial charge in [0.15, 0.2) is 0 Å². The molecule has 1 heterocycles. The zero-order valence-corrected chi connectivity index (χ0v) is 11.4. The van der Waals surface area contributed by atoms with Crippen molar-refractivity contribution in [3.8, 4) is 22.9 Å². The number of rotatable bonds is 3. The maximum Gasteiger partial charge on any atom is 0.138 e. The summed E-state index contributed by atoms with van der Waals surface area (Å²) in [6.45, 7) is 3.78. The highest BCUT2D eigenvalue weighted by molar-refractivity contribution is 5.70. The molecule has 0 atom stereocenters. The molecule has 0 amide bonds. The molecule has 0 spiro atoms. The summed E-state index contributed by atoms with van der Waals surface area (Å²) in [4.78, 5) is 0. The standard InChI is InChI=1S/C17H16N2O/c1-12-4-2-3-5-16(12)13-6-7-14(9-18)17(8-13)20-15-10-19-11-15/h2-8,15,19H,10-11H2,1H3. The summed E-state index contributed by atoms with van der Waals surface area (Å²) in [5.74, 6) is 0.680. The predicted octanol–water partition coefficient (Wildman–Crippen LogP) is 2.88. The molecule has 1 saturated heterocycles. The number of nitrogens with zero attached hydrogens (tertiary/aromatic N) is 1. The molecule has 0 radical (unpaired) electrons. The van der Waals surface area contributed by atoms with E-state index in [1.54, 1.807) is 0 Å². The van der Waals surface area contributed by atoms with Crippen molar-refractivity contribution in [2.24, 2.45) is 0 Å². The minimum absolute atomic E-state index is 0.175. The first-order chi connectivity index (χ1) is 9.78. The van der Waals surface area contributed by atoms with Gasteiger partial charge in [0, 0.05) is 13.1 Å². The van der Waals surface area contributed by atoms with Gasteiger partial charge in [-0.2, -0.15) is 5.26 Å². The lowest BCUT2D eigenvalue weighted by atomic mass is 9.99. The molecule has 0 unspecified atom stereocenters. The van der Waals surface area contributed by atoms with Crippen LogP contribution in [0.5, 0.6) is 5.75 Å². The van der Waals surface area contributed by atoms with Crippen LogP contribution in [-0.2, 0) is 0 Å². The van der Waals surface area contributed by atoms with Crippen LogP contribution in [0.25, 0.3) is 11.1 Å². The van der Waals surface area contributed by atoms with Gasteiger partial charge < -0.3 is 10.1 Å². The molecule has 100 valence electrons. The highest BCUT2D eigenvalue weighted by Gasteiger charge is 2.20. The zero-order valence-electron chi connectivity index (χ0n) is 11.4. The van der Waals surface area contributed by atoms with Gasteiger partial charge in [0.2, 0.25) is 0 Å². The number of ether oxygens (including phenoxy) is 1. The maximum atomic E-state index is 9.19. The molecule has 2 aromatic carbocycles. The van der Waals surface area contributed by atoms with Crippen molar-refractivity contribution in [3.05, 3.63) is 53.6 Å². The molecule has 3 rings (SSSR count). The summed E-state index contributed by atoms with van der Waals surface area (Å²) < 4.78 is 5.89. The van der Waals surface area contributed by atoms with Gasteiger partial charge in [-0.25, -0.2) is 0 Å². The summed E-state index contributed by atoms with van der Waals surface area (Å²) in [5, 5.41) is 12.4. The Morgan fingerprint density at radius 2 is 2.00 bits per heavy atom. The molecule has 1 aliphatic heterocycles. The summed E-state index contributed by atoms with van der Waals surface area (Å²) >= 11 is 0. The fourth-order valence-electron chi connectivity index (χ4n) is 2.30. The SMILES string of the molecule is Cc1ccccc1-c1ccc(C#N)c(OC2CNC2)c1. The molecule has 20 heavy (non-hydrogen) atoms. The van der Waals surface area contributed by atoms with E-state index in [0.717, 1.165) is 18.7 Å². The average Bonchev–Trinajstić information content (AvgIpc) is 2.43. The van der Waals surface area contributed by atoms with Crippen LogP contribution in [0.2, 0.25) is 0 Å². The van der Waals surface area contributed by atoms with Crippen LogP contribution in [-0.4, -0.2) is 19.2 Å². The van der Waals surface area contributed by atoms with Crippen molar-refractivity contribution < 1.29 is 4.74 Å². The Kier molecular flexibility index (Phi) is 3.41. The Morgan fingerprint density at radius 1 is 1.20 bits per heavy atom. The fourth-order valence-corrected chi connectivity index (χ4v) is 2.30. The second kappa shape index (κ2) is 5.36. The Morgan fingerprint density at radius 3 is 2.65 bits per heavy atom. The van der Waals surface area contributed by atoms with Crippen LogP contribution in [0.4, 0.5) is 0 Å². The molecular weight excluding hydrogens is 248 g/mol. The highest BCUT2D eigenvalue weighted by Crippen LogP contribution is 2.29. The quantitative estimate of drug-likeness (QED) is 0.927. The lowest BCUT2D eigenvalue weighted by Crippen LogP contribution is -2.50. The molecule has 0 aromatic heterocycles. The highest BCUT2D eigenvalue weighted by atomic mass is 16.5. The molecule has 0 saturated carbocycles. The Labute approximate surface area is 118 Å². The third kappa shape index (κ3) is 2.38. The number of hydrogen-bond acceptors (Lipinski definition) is 3. The van der Waals surface area contributed by atoms with E-state index >= 15 is 0 Å². The third-order valence-electron chi connectivity index (χ3n) is 3.60. The van der Waals surface area contributed by atoms with Crippen molar-refractivity contribution in [1.82, 2.24) is 5.32 Å². The van der Waals surface area contributed by atoms with E-state index in [0.29, 0.717) is 11.3 Å². The number of hydrogen-bond donors (Lipinski definition) is 1. The monoisotopic (exact) mass is 264 g/mol. The molecule has 1 aliphatic rings. The van der Waals surface area contributed by atoms with Crippen LogP contribution in [0.15, 0.2) is 42.5 Å². The van der Waals surface area contributed by atoms with Crippen molar-refractivity contribution in [1.29, 1.82) is 5.26 Å². The lowest BCUT2D eigenvalue weighted by molar-refractivity contribution is 0.142. The van der Waals surface area contributed by atoms with Crippen LogP contribution in [0, 0.1) is 18.3 Å². The minimum Gasteiger partial charge on any atom is -0.486 e. The molecule has 0 aliphatic carbocycles. The molecule has 2 aromatic rings. The van der Waals surface area contributed by atoms with Crippen molar-refractivity contribution in [2.75, 3.05) is 13.1 Å². The number of nitriles is 1. The van der Waals surface area contributed by atoms with E-state index in [1.165, 1.54) is 11.1 Å². The lowest BCUT2D eigenvalue weighted by Gasteiger charge is -2.28. The zero-order chi connectivity index (χ0) is 13.9. The molecular formula is C17H16N2O. The third-order valence-corrected chi connectivity index (χ3v) is 3.60. The molecule has 3 heteroatoms. The van der Waals surface area contributed by atoms with Gasteiger partial charge >= 0.3 is 0 Å². The summed E-state index contributed by atoms with van der Waals surface area (Å²) in [6.07, 6.45) is 0.175. The van der Waals surface area contributed by atoms with Gasteiger partial charge in [-0.3, -0.25) is 0 Å². The van der Waals surface area contributed by atoms with Crippen LogP contribution < -0.4 is 10.1 Å². The molecule has 1 N–H and O–H groups in total. The smallest absolute Gasteiger partial charge is 0.138 e. The molecule has 1 fully saturated rings. The maximum absolute atomic E-state index is 9.19. The summed E-state index contributed by atoms with van der Waals surface area (Å²) in [7, 11) is 0. The number of nitrogens with one attached hydrogen (secondary N) is 1. The fraction of sp³-hybridized carbons (Fsp3) is 0.235. The van der Waals surface area contributed by atoms with Gasteiger partial charge in [0.1, 0.15) is 17.9 Å². The molecule has 0 bridgehead atoms. The van der Waals surface area contributed by atoms with Crippen LogP contribution >= 0.6 is 0 Å². The Bertz CT molecular complexity index is 669. The first-order valence-electron chi connectivity index (χ1n) is 6.75. The first kappa shape index (κ1) is 12.7. The van der Waals surface area contributed by atoms with Gasteiger partial charge in [-0.05, 0) is 35.7 Å². The topological polar surface area (TPSA) is 45.0 Å². The largest absolute Gasteiger partial charge is 0.486 e. The average molecular weight is 264 g/mol. The van der Waals surface area contributed by atoms with E-state index in [4.69, 9.17) is 4.74 Å². The molecule has 3 nitrogen and oxygen atoms in total. The van der Waals surface area contributed by atoms with E-state index in [-0.39, 0.29) is 6.10 Å². The van der Waals surface area contributed by atoms with E-state index in [2.05, 4.69) is 30.4 Å². The normalized spacial score (nSPS) is 14.4. The Balaban J connectivity index is 1.99. The summed E-state index contributed by atoms with van der Waals surface area (Å²) in [5.41, 5.74) is 4.07. The van der Waals surface area contributed by atoms with Gasteiger partial charge in [0.05, 0.1) is 5.56 Å².